The largest absolute Gasteiger partial charge is 0.708 e. The van der Waals surface area contributed by atoms with Gasteiger partial charge in [-0.05, 0) is 3.97 Å². The molecule has 1 N–H and O–H groups in total. The first-order chi connectivity index (χ1) is 4.13. The van der Waals surface area contributed by atoms with Gasteiger partial charge in [0.15, 0.2) is 0 Å². The molecule has 0 spiro atoms. The van der Waals surface area contributed by atoms with Crippen LogP contribution < -0.4 is 0 Å². The Kier molecular flexibility index (Phi) is 5.94. The van der Waals surface area contributed by atoms with E-state index in [4.69, 9.17) is 4.89 Å². The van der Waals surface area contributed by atoms with E-state index in [1.54, 1.807) is 0 Å². The average Bonchev–Trinajstić information content (AvgIpc) is 1.63. The molecule has 0 radical (unpaired) electrons. The third kappa shape index (κ3) is 8.72. The Bertz CT molecular complexity index is 97.1. The fourth-order valence-electron chi connectivity index (χ4n) is 0.122. The highest BCUT2D eigenvalue weighted by Gasteiger charge is 2.13. The molecule has 3 nitrogen and oxygen atoms in total. The van der Waals surface area contributed by atoms with Crippen molar-refractivity contribution in [3.8, 4) is 0 Å². The summed E-state index contributed by atoms with van der Waals surface area (Å²) in [6.45, 7) is 3.96. The van der Waals surface area contributed by atoms with Crippen LogP contribution in [0.3, 0.4) is 0 Å². The van der Waals surface area contributed by atoms with Crippen LogP contribution in [0.1, 0.15) is 13.8 Å². The van der Waals surface area contributed by atoms with Gasteiger partial charge in [-0.25, -0.2) is 0 Å². The van der Waals surface area contributed by atoms with Gasteiger partial charge in [0.05, 0.1) is 0 Å². The van der Waals surface area contributed by atoms with E-state index in [2.05, 4.69) is 3.97 Å². The maximum atomic E-state index is 9.87. The van der Waals surface area contributed by atoms with Crippen molar-refractivity contribution >= 4 is 30.1 Å². The predicted molar refractivity (Wildman–Crippen MR) is 41.2 cm³/mol. The van der Waals surface area contributed by atoms with E-state index in [-0.39, 0.29) is 0 Å². The highest BCUT2D eigenvalue weighted by Crippen LogP contribution is 2.35. The molecule has 0 aromatic carbocycles. The third-order valence-electron chi connectivity index (χ3n) is 0.326. The molecule has 0 heterocycles. The zero-order valence-electron chi connectivity index (χ0n) is 5.10. The molecule has 0 aromatic rings. The first-order valence-electron chi connectivity index (χ1n) is 2.29. The molecule has 0 aromatic heterocycles. The van der Waals surface area contributed by atoms with Gasteiger partial charge in [0, 0.05) is 9.81 Å². The van der Waals surface area contributed by atoms with Crippen molar-refractivity contribution < 1.29 is 13.4 Å². The second kappa shape index (κ2) is 5.50. The van der Waals surface area contributed by atoms with Gasteiger partial charge in [0.1, 0.15) is 11.1 Å². The Morgan fingerprint density at radius 3 is 2.56 bits per heavy atom. The maximum absolute atomic E-state index is 9.87. The van der Waals surface area contributed by atoms with E-state index in [1.807, 2.05) is 13.8 Å². The van der Waals surface area contributed by atoms with Crippen LogP contribution in [0.2, 0.25) is 0 Å². The highest BCUT2D eigenvalue weighted by atomic mass is 33.1. The molecule has 0 aliphatic heterocycles. The van der Waals surface area contributed by atoms with Crippen LogP contribution in [-0.4, -0.2) is 10.1 Å². The van der Waals surface area contributed by atoms with Crippen LogP contribution in [0.25, 0.3) is 0 Å². The van der Waals surface area contributed by atoms with Gasteiger partial charge in [-0.1, -0.05) is 24.6 Å². The fraction of sp³-hybridized carbons (Fsp3) is 1.00. The molecule has 0 fully saturated rings. The fourth-order valence-corrected chi connectivity index (χ4v) is 1.88. The minimum Gasteiger partial charge on any atom is -0.133 e. The second-order valence-electron chi connectivity index (χ2n) is 1.53. The lowest BCUT2D eigenvalue weighted by Crippen LogP contribution is -1.79. The summed E-state index contributed by atoms with van der Waals surface area (Å²) >= 11 is 0.952. The molecule has 0 amide bonds. The highest BCUT2D eigenvalue weighted by molar-refractivity contribution is 8.75. The summed E-state index contributed by atoms with van der Waals surface area (Å²) < 4.78 is 14.2. The van der Waals surface area contributed by atoms with Crippen LogP contribution in [-0.2, 0) is 8.54 Å². The van der Waals surface area contributed by atoms with Crippen molar-refractivity contribution in [3.05, 3.63) is 0 Å². The number of hydrogen-bond donors (Lipinski definition) is 1. The van der Waals surface area contributed by atoms with Crippen LogP contribution in [0.5, 0.6) is 0 Å². The summed E-state index contributed by atoms with van der Waals surface area (Å²) in [5.41, 5.74) is 0. The molecule has 54 valence electrons. The molecule has 0 saturated heterocycles. The van der Waals surface area contributed by atoms with Crippen molar-refractivity contribution in [1.82, 2.24) is 0 Å². The summed E-state index contributed by atoms with van der Waals surface area (Å²) in [6.07, 6.45) is 0. The van der Waals surface area contributed by atoms with Crippen LogP contribution in [0.15, 0.2) is 0 Å². The normalized spacial score (nSPS) is 12.2. The first-order valence-corrected chi connectivity index (χ1v) is 5.56. The zero-order valence-corrected chi connectivity index (χ0v) is 7.63. The minimum atomic E-state index is -2.44. The van der Waals surface area contributed by atoms with Crippen molar-refractivity contribution in [2.24, 2.45) is 0 Å². The first kappa shape index (κ1) is 9.72. The Morgan fingerprint density at radius 2 is 2.22 bits per heavy atom. The third-order valence-corrected chi connectivity index (χ3v) is 3.48. The predicted octanol–water partition coefficient (Wildman–Crippen LogP) is 2.36. The summed E-state index contributed by atoms with van der Waals surface area (Å²) in [6, 6.07) is 0. The van der Waals surface area contributed by atoms with Crippen molar-refractivity contribution in [3.63, 3.8) is 0 Å². The number of hydrogen-bond acceptors (Lipinski definition) is 4. The van der Waals surface area contributed by atoms with Gasteiger partial charge in [-0.15, -0.1) is 4.89 Å². The lowest BCUT2D eigenvalue weighted by Gasteiger charge is -1.94. The molecular formula is C3H8O3PS2+. The van der Waals surface area contributed by atoms with Gasteiger partial charge in [0.2, 0.25) is 0 Å². The molecule has 0 rings (SSSR count). The summed E-state index contributed by atoms with van der Waals surface area (Å²) in [5.74, 6) is 0. The summed E-state index contributed by atoms with van der Waals surface area (Å²) in [5, 5.41) is 0.407. The topological polar surface area (TPSA) is 46.5 Å². The molecule has 1 atom stereocenters. The molecule has 0 aliphatic carbocycles. The van der Waals surface area contributed by atoms with Crippen LogP contribution in [0.4, 0.5) is 0 Å². The monoisotopic (exact) mass is 187 g/mol. The van der Waals surface area contributed by atoms with E-state index in [1.165, 1.54) is 10.8 Å². The van der Waals surface area contributed by atoms with E-state index in [0.29, 0.717) is 5.25 Å². The van der Waals surface area contributed by atoms with Gasteiger partial charge in [0.25, 0.3) is 0 Å². The molecule has 6 heteroatoms. The second-order valence-corrected chi connectivity index (χ2v) is 4.85. The lowest BCUT2D eigenvalue weighted by molar-refractivity contribution is 0.434. The Balaban J connectivity index is 3.01. The molecule has 0 saturated carbocycles. The Morgan fingerprint density at radius 1 is 1.67 bits per heavy atom. The van der Waals surface area contributed by atoms with E-state index < -0.39 is 8.25 Å². The Hall–Kier alpha value is 0.720. The van der Waals surface area contributed by atoms with E-state index in [9.17, 15) is 4.57 Å². The Labute approximate surface area is 63.1 Å². The quantitative estimate of drug-likeness (QED) is 0.416. The van der Waals surface area contributed by atoms with Crippen LogP contribution in [0, 0.1) is 0 Å². The molecule has 1 unspecified atom stereocenters. The van der Waals surface area contributed by atoms with Gasteiger partial charge >= 0.3 is 8.25 Å². The molecule has 9 heavy (non-hydrogen) atoms. The van der Waals surface area contributed by atoms with Crippen LogP contribution >= 0.6 is 30.1 Å². The lowest BCUT2D eigenvalue weighted by atomic mass is 10.6. The van der Waals surface area contributed by atoms with Crippen molar-refractivity contribution in [2.45, 2.75) is 19.1 Å². The summed E-state index contributed by atoms with van der Waals surface area (Å²) in [4.78, 5) is 8.12. The maximum Gasteiger partial charge on any atom is 0.708 e. The smallest absolute Gasteiger partial charge is 0.133 e. The molecular weight excluding hydrogens is 179 g/mol. The standard InChI is InChI=1S/C3H7O3PS2/c1-3(2)8-9-6-7(4)5/h3H,1-2H3/p+1. The van der Waals surface area contributed by atoms with Crippen molar-refractivity contribution in [2.75, 3.05) is 0 Å². The SMILES string of the molecule is CC(C)SSO[P+](=O)O. The minimum absolute atomic E-state index is 0.407. The molecule has 0 aliphatic rings. The number of rotatable bonds is 4. The van der Waals surface area contributed by atoms with Gasteiger partial charge in [-0.2, -0.15) is 0 Å². The van der Waals surface area contributed by atoms with Gasteiger partial charge in [-0.3, -0.25) is 0 Å². The van der Waals surface area contributed by atoms with Crippen molar-refractivity contribution in [1.29, 1.82) is 0 Å². The van der Waals surface area contributed by atoms with E-state index >= 15 is 0 Å². The van der Waals surface area contributed by atoms with E-state index in [0.717, 1.165) is 11.1 Å². The zero-order chi connectivity index (χ0) is 7.28. The summed E-state index contributed by atoms with van der Waals surface area (Å²) in [7, 11) is -1.03. The average molecular weight is 187 g/mol. The molecule has 0 bridgehead atoms. The van der Waals surface area contributed by atoms with Gasteiger partial charge < -0.3 is 0 Å².